The van der Waals surface area contributed by atoms with E-state index in [0.717, 1.165) is 33.3 Å². The molecular weight excluding hydrogens is 454 g/mol. The van der Waals surface area contributed by atoms with Crippen LogP contribution >= 0.6 is 0 Å². The van der Waals surface area contributed by atoms with Crippen molar-refractivity contribution in [3.63, 3.8) is 0 Å². The quantitative estimate of drug-likeness (QED) is 0.392. The average molecular weight is 486 g/mol. The largest absolute Gasteiger partial charge is 0.497 e. The fourth-order valence-electron chi connectivity index (χ4n) is 6.02. The molecule has 2 atom stereocenters. The Balaban J connectivity index is 1.66. The Morgan fingerprint density at radius 1 is 0.972 bits per heavy atom. The molecule has 36 heavy (non-hydrogen) atoms. The fraction of sp³-hybridized carbons (Fsp3) is 0.367. The number of nitrogens with zero attached hydrogens (tertiary/aromatic N) is 1. The van der Waals surface area contributed by atoms with Crippen LogP contribution < -0.4 is 9.64 Å². The number of carbonyl (C=O) groups is 3. The van der Waals surface area contributed by atoms with Crippen LogP contribution in [0.2, 0.25) is 0 Å². The summed E-state index contributed by atoms with van der Waals surface area (Å²) in [5.74, 6) is -1.22. The van der Waals surface area contributed by atoms with Gasteiger partial charge in [0.05, 0.1) is 14.2 Å². The van der Waals surface area contributed by atoms with Crippen LogP contribution in [0.25, 0.3) is 10.8 Å². The minimum Gasteiger partial charge on any atom is -0.497 e. The number of hydrogen-bond acceptors (Lipinski definition) is 6. The molecule has 1 aliphatic heterocycles. The van der Waals surface area contributed by atoms with E-state index in [2.05, 4.69) is 17.0 Å². The van der Waals surface area contributed by atoms with Crippen molar-refractivity contribution < 1.29 is 23.9 Å². The van der Waals surface area contributed by atoms with Gasteiger partial charge >= 0.3 is 5.97 Å². The monoisotopic (exact) mass is 485 g/mol. The Hall–Kier alpha value is -3.67. The summed E-state index contributed by atoms with van der Waals surface area (Å²) in [6, 6.07) is 20.0. The number of benzene rings is 3. The minimum absolute atomic E-state index is 0.101. The van der Waals surface area contributed by atoms with Gasteiger partial charge in [-0.1, -0.05) is 56.3 Å². The maximum absolute atomic E-state index is 14.2. The van der Waals surface area contributed by atoms with E-state index in [4.69, 9.17) is 9.47 Å². The molecule has 1 heterocycles. The second-order valence-electron chi connectivity index (χ2n) is 10.7. The van der Waals surface area contributed by atoms with Gasteiger partial charge < -0.3 is 14.4 Å². The first kappa shape index (κ1) is 24.0. The second-order valence-corrected chi connectivity index (χ2v) is 10.7. The van der Waals surface area contributed by atoms with Crippen molar-refractivity contribution >= 4 is 34.0 Å². The zero-order valence-corrected chi connectivity index (χ0v) is 21.2. The summed E-state index contributed by atoms with van der Waals surface area (Å²) in [7, 11) is 2.93. The third-order valence-corrected chi connectivity index (χ3v) is 7.93. The molecule has 0 N–H and O–H groups in total. The molecule has 0 radical (unpaired) electrons. The number of carbonyl (C=O) groups excluding carboxylic acids is 3. The summed E-state index contributed by atoms with van der Waals surface area (Å²) in [6.07, 6.45) is 0.430. The summed E-state index contributed by atoms with van der Waals surface area (Å²) in [4.78, 5) is 43.0. The third kappa shape index (κ3) is 3.76. The number of anilines is 1. The van der Waals surface area contributed by atoms with E-state index in [1.54, 1.807) is 21.0 Å². The molecule has 1 aliphatic carbocycles. The van der Waals surface area contributed by atoms with E-state index < -0.39 is 22.7 Å². The summed E-state index contributed by atoms with van der Waals surface area (Å²) in [5, 5.41) is 2.08. The molecular formula is C30H31NO5. The van der Waals surface area contributed by atoms with Crippen LogP contribution in [0.5, 0.6) is 5.75 Å². The van der Waals surface area contributed by atoms with Gasteiger partial charge in [0, 0.05) is 25.2 Å². The zero-order chi connectivity index (χ0) is 25.7. The van der Waals surface area contributed by atoms with Gasteiger partial charge in [0.15, 0.2) is 5.78 Å². The lowest BCUT2D eigenvalue weighted by Crippen LogP contribution is -2.62. The Labute approximate surface area is 211 Å². The number of ether oxygens (including phenoxy) is 2. The first-order valence-corrected chi connectivity index (χ1v) is 12.2. The zero-order valence-electron chi connectivity index (χ0n) is 21.2. The number of hydrogen-bond donors (Lipinski definition) is 0. The van der Waals surface area contributed by atoms with Crippen LogP contribution in [-0.4, -0.2) is 38.3 Å². The number of methoxy groups -OCH3 is 2. The SMILES string of the molecule is COC(=O)[C@@H]1C(=O)[C@]2(Cc3c(ccc4ccccc34)N(Cc3ccc(OC)cc3)C2)C(=O)CC1(C)C. The lowest BCUT2D eigenvalue weighted by molar-refractivity contribution is -0.165. The van der Waals surface area contributed by atoms with Gasteiger partial charge in [-0.05, 0) is 51.9 Å². The standard InChI is InChI=1S/C30H31NO5/c1-29(2)16-25(32)30(27(33)26(29)28(34)36-4)15-23-22-8-6-5-7-20(22)11-14-24(23)31(18-30)17-19-9-12-21(35-3)13-10-19/h5-14,26H,15-18H2,1-4H3/t26-,30-/m0/s1. The van der Waals surface area contributed by atoms with Crippen molar-refractivity contribution in [3.05, 3.63) is 71.8 Å². The second kappa shape index (κ2) is 8.77. The summed E-state index contributed by atoms with van der Waals surface area (Å²) >= 11 is 0. The van der Waals surface area contributed by atoms with Crippen molar-refractivity contribution in [1.82, 2.24) is 0 Å². The first-order valence-electron chi connectivity index (χ1n) is 12.2. The van der Waals surface area contributed by atoms with Crippen LogP contribution in [0.15, 0.2) is 60.7 Å². The van der Waals surface area contributed by atoms with E-state index in [9.17, 15) is 14.4 Å². The van der Waals surface area contributed by atoms with Gasteiger partial charge in [-0.2, -0.15) is 0 Å². The minimum atomic E-state index is -1.31. The van der Waals surface area contributed by atoms with E-state index in [1.165, 1.54) is 7.11 Å². The predicted octanol–water partition coefficient (Wildman–Crippen LogP) is 4.75. The van der Waals surface area contributed by atoms with Gasteiger partial charge in [-0.25, -0.2) is 0 Å². The molecule has 2 aliphatic rings. The van der Waals surface area contributed by atoms with Crippen LogP contribution in [0.3, 0.4) is 0 Å². The Morgan fingerprint density at radius 2 is 1.69 bits per heavy atom. The Kier molecular flexibility index (Phi) is 5.86. The van der Waals surface area contributed by atoms with Crippen LogP contribution in [0.1, 0.15) is 31.4 Å². The van der Waals surface area contributed by atoms with Crippen LogP contribution in [0, 0.1) is 16.7 Å². The molecule has 0 unspecified atom stereocenters. The molecule has 3 aromatic carbocycles. The molecule has 0 saturated heterocycles. The lowest BCUT2D eigenvalue weighted by Gasteiger charge is -2.49. The number of ketones is 2. The number of Topliss-reactive ketones (excluding diaryl/α,β-unsaturated/α-hetero) is 2. The maximum Gasteiger partial charge on any atom is 0.316 e. The smallest absolute Gasteiger partial charge is 0.316 e. The van der Waals surface area contributed by atoms with E-state index >= 15 is 0 Å². The van der Waals surface area contributed by atoms with Crippen molar-refractivity contribution in [1.29, 1.82) is 0 Å². The predicted molar refractivity (Wildman–Crippen MR) is 138 cm³/mol. The van der Waals surface area contributed by atoms with Crippen molar-refractivity contribution in [3.8, 4) is 5.75 Å². The molecule has 5 rings (SSSR count). The van der Waals surface area contributed by atoms with Gasteiger partial charge in [-0.15, -0.1) is 0 Å². The normalized spacial score (nSPS) is 23.0. The fourth-order valence-corrected chi connectivity index (χ4v) is 6.02. The molecule has 3 aromatic rings. The maximum atomic E-state index is 14.2. The molecule has 0 amide bonds. The highest BCUT2D eigenvalue weighted by Gasteiger charge is 2.61. The van der Waals surface area contributed by atoms with E-state index in [1.807, 2.05) is 48.5 Å². The highest BCUT2D eigenvalue weighted by atomic mass is 16.5. The topological polar surface area (TPSA) is 72.9 Å². The number of fused-ring (bicyclic) bond motifs is 3. The van der Waals surface area contributed by atoms with Crippen LogP contribution in [0.4, 0.5) is 5.69 Å². The summed E-state index contributed by atoms with van der Waals surface area (Å²) in [6.45, 7) is 4.35. The van der Waals surface area contributed by atoms with Gasteiger partial charge in [0.1, 0.15) is 22.9 Å². The molecule has 6 heteroatoms. The molecule has 1 spiro atoms. The number of esters is 1. The molecule has 0 aromatic heterocycles. The average Bonchev–Trinajstić information content (AvgIpc) is 2.87. The van der Waals surface area contributed by atoms with Gasteiger partial charge in [-0.3, -0.25) is 14.4 Å². The van der Waals surface area contributed by atoms with Gasteiger partial charge in [0.25, 0.3) is 0 Å². The molecule has 0 bridgehead atoms. The van der Waals surface area contributed by atoms with Gasteiger partial charge in [0.2, 0.25) is 0 Å². The first-order chi connectivity index (χ1) is 17.2. The van der Waals surface area contributed by atoms with E-state index in [0.29, 0.717) is 6.54 Å². The third-order valence-electron chi connectivity index (χ3n) is 7.93. The summed E-state index contributed by atoms with van der Waals surface area (Å²) < 4.78 is 10.4. The molecule has 1 fully saturated rings. The highest BCUT2D eigenvalue weighted by molar-refractivity contribution is 6.18. The van der Waals surface area contributed by atoms with Crippen molar-refractivity contribution in [2.45, 2.75) is 33.2 Å². The Morgan fingerprint density at radius 3 is 2.39 bits per heavy atom. The Bertz CT molecular complexity index is 1360. The highest BCUT2D eigenvalue weighted by Crippen LogP contribution is 2.51. The molecule has 1 saturated carbocycles. The number of rotatable bonds is 4. The van der Waals surface area contributed by atoms with E-state index in [-0.39, 0.29) is 31.0 Å². The van der Waals surface area contributed by atoms with Crippen molar-refractivity contribution in [2.75, 3.05) is 25.7 Å². The summed E-state index contributed by atoms with van der Waals surface area (Å²) in [5.41, 5.74) is 0.908. The van der Waals surface area contributed by atoms with Crippen LogP contribution in [-0.2, 0) is 32.1 Å². The molecule has 6 nitrogen and oxygen atoms in total. The van der Waals surface area contributed by atoms with Crippen molar-refractivity contribution in [2.24, 2.45) is 16.7 Å². The lowest BCUT2D eigenvalue weighted by atomic mass is 9.55. The molecule has 186 valence electrons.